The maximum atomic E-state index is 3.51. The quantitative estimate of drug-likeness (QED) is 0.805. The van der Waals surface area contributed by atoms with Crippen molar-refractivity contribution < 1.29 is 0 Å². The minimum Gasteiger partial charge on any atom is -0.316 e. The standard InChI is InChI=1S/C11H22N2S.ClH/c1-3-11(9-12-4-1)10-13-5-2-7-14-8-6-13;/h11-12H,1-10H2;1H. The van der Waals surface area contributed by atoms with E-state index >= 15 is 0 Å². The monoisotopic (exact) mass is 250 g/mol. The van der Waals surface area contributed by atoms with Crippen LogP contribution in [0.4, 0.5) is 0 Å². The maximum Gasteiger partial charge on any atom is 0.00725 e. The zero-order chi connectivity index (χ0) is 9.64. The molecule has 0 radical (unpaired) electrons. The van der Waals surface area contributed by atoms with Crippen molar-refractivity contribution in [1.29, 1.82) is 0 Å². The van der Waals surface area contributed by atoms with Crippen molar-refractivity contribution in [3.8, 4) is 0 Å². The van der Waals surface area contributed by atoms with E-state index in [0.29, 0.717) is 0 Å². The van der Waals surface area contributed by atoms with Crippen molar-refractivity contribution in [2.75, 3.05) is 44.2 Å². The van der Waals surface area contributed by atoms with Crippen LogP contribution in [0.25, 0.3) is 0 Å². The molecule has 1 N–H and O–H groups in total. The van der Waals surface area contributed by atoms with Crippen molar-refractivity contribution >= 4 is 24.2 Å². The van der Waals surface area contributed by atoms with Crippen LogP contribution in [-0.2, 0) is 0 Å². The highest BCUT2D eigenvalue weighted by molar-refractivity contribution is 7.99. The van der Waals surface area contributed by atoms with E-state index in [-0.39, 0.29) is 12.4 Å². The molecule has 0 bridgehead atoms. The van der Waals surface area contributed by atoms with Crippen molar-refractivity contribution in [3.63, 3.8) is 0 Å². The third kappa shape index (κ3) is 4.94. The number of piperidine rings is 1. The van der Waals surface area contributed by atoms with Crippen molar-refractivity contribution in [2.45, 2.75) is 19.3 Å². The Bertz CT molecular complexity index is 155. The minimum absolute atomic E-state index is 0. The molecule has 0 spiro atoms. The number of thioether (sulfide) groups is 1. The summed E-state index contributed by atoms with van der Waals surface area (Å²) >= 11 is 2.12. The van der Waals surface area contributed by atoms with Crippen molar-refractivity contribution in [3.05, 3.63) is 0 Å². The average molecular weight is 251 g/mol. The Morgan fingerprint density at radius 2 is 2.13 bits per heavy atom. The fourth-order valence-corrected chi connectivity index (χ4v) is 3.35. The maximum absolute atomic E-state index is 3.51. The summed E-state index contributed by atoms with van der Waals surface area (Å²) in [6, 6.07) is 0. The molecule has 0 aromatic carbocycles. The normalized spacial score (nSPS) is 29.2. The Morgan fingerprint density at radius 1 is 1.20 bits per heavy atom. The third-order valence-corrected chi connectivity index (χ3v) is 4.28. The molecular weight excluding hydrogens is 228 g/mol. The van der Waals surface area contributed by atoms with Gasteiger partial charge in [0.25, 0.3) is 0 Å². The molecule has 15 heavy (non-hydrogen) atoms. The fraction of sp³-hybridized carbons (Fsp3) is 1.00. The Balaban J connectivity index is 0.00000112. The Hall–Kier alpha value is 0.560. The van der Waals surface area contributed by atoms with E-state index in [9.17, 15) is 0 Å². The summed E-state index contributed by atoms with van der Waals surface area (Å²) in [6.07, 6.45) is 4.22. The molecule has 90 valence electrons. The van der Waals surface area contributed by atoms with Crippen LogP contribution >= 0.6 is 24.2 Å². The summed E-state index contributed by atoms with van der Waals surface area (Å²) in [5.74, 6) is 3.64. The van der Waals surface area contributed by atoms with Crippen molar-refractivity contribution in [2.24, 2.45) is 5.92 Å². The molecule has 2 heterocycles. The summed E-state index contributed by atoms with van der Waals surface area (Å²) in [6.45, 7) is 6.49. The number of nitrogens with zero attached hydrogens (tertiary/aromatic N) is 1. The van der Waals surface area contributed by atoms with Crippen LogP contribution < -0.4 is 5.32 Å². The second kappa shape index (κ2) is 7.77. The minimum atomic E-state index is 0. The van der Waals surface area contributed by atoms with Gasteiger partial charge in [-0.25, -0.2) is 0 Å². The molecule has 2 fully saturated rings. The smallest absolute Gasteiger partial charge is 0.00725 e. The largest absolute Gasteiger partial charge is 0.316 e. The number of hydrogen-bond donors (Lipinski definition) is 1. The second-order valence-corrected chi connectivity index (χ2v) is 5.70. The molecule has 1 unspecified atom stereocenters. The molecule has 2 aliphatic rings. The molecule has 0 amide bonds. The van der Waals surface area contributed by atoms with Gasteiger partial charge in [0.1, 0.15) is 0 Å². The highest BCUT2D eigenvalue weighted by Gasteiger charge is 2.17. The molecule has 4 heteroatoms. The van der Waals surface area contributed by atoms with Gasteiger partial charge in [-0.2, -0.15) is 11.8 Å². The highest BCUT2D eigenvalue weighted by Crippen LogP contribution is 2.15. The molecule has 2 saturated heterocycles. The summed E-state index contributed by atoms with van der Waals surface area (Å²) in [5, 5.41) is 3.51. The lowest BCUT2D eigenvalue weighted by Crippen LogP contribution is -2.39. The molecule has 2 rings (SSSR count). The zero-order valence-corrected chi connectivity index (χ0v) is 11.0. The molecule has 0 aliphatic carbocycles. The summed E-state index contributed by atoms with van der Waals surface area (Å²) in [4.78, 5) is 2.68. The lowest BCUT2D eigenvalue weighted by atomic mass is 9.99. The molecule has 0 saturated carbocycles. The Labute approximate surface area is 104 Å². The van der Waals surface area contributed by atoms with E-state index in [2.05, 4.69) is 22.0 Å². The molecule has 2 aliphatic heterocycles. The lowest BCUT2D eigenvalue weighted by molar-refractivity contribution is 0.220. The van der Waals surface area contributed by atoms with Crippen LogP contribution in [0.5, 0.6) is 0 Å². The zero-order valence-electron chi connectivity index (χ0n) is 9.41. The van der Waals surface area contributed by atoms with Crippen LogP contribution in [-0.4, -0.2) is 49.1 Å². The molecule has 1 atom stereocenters. The van der Waals surface area contributed by atoms with Gasteiger partial charge in [-0.15, -0.1) is 12.4 Å². The summed E-state index contributed by atoms with van der Waals surface area (Å²) < 4.78 is 0. The third-order valence-electron chi connectivity index (χ3n) is 3.23. The van der Waals surface area contributed by atoms with Crippen LogP contribution in [0.2, 0.25) is 0 Å². The fourth-order valence-electron chi connectivity index (χ4n) is 2.43. The first-order chi connectivity index (χ1) is 6.95. The van der Waals surface area contributed by atoms with Gasteiger partial charge in [0.2, 0.25) is 0 Å². The van der Waals surface area contributed by atoms with Gasteiger partial charge < -0.3 is 10.2 Å². The highest BCUT2D eigenvalue weighted by atomic mass is 35.5. The number of rotatable bonds is 2. The van der Waals surface area contributed by atoms with Crippen LogP contribution in [0.15, 0.2) is 0 Å². The van der Waals surface area contributed by atoms with Crippen LogP contribution in [0.1, 0.15) is 19.3 Å². The van der Waals surface area contributed by atoms with E-state index in [1.165, 1.54) is 63.5 Å². The van der Waals surface area contributed by atoms with Gasteiger partial charge in [-0.05, 0) is 50.6 Å². The summed E-state index contributed by atoms with van der Waals surface area (Å²) in [7, 11) is 0. The molecule has 2 nitrogen and oxygen atoms in total. The van der Waals surface area contributed by atoms with Crippen LogP contribution in [0, 0.1) is 5.92 Å². The molecule has 0 aromatic heterocycles. The SMILES string of the molecule is C1CNCC(CN2CCCSCC2)C1.Cl. The second-order valence-electron chi connectivity index (χ2n) is 4.48. The van der Waals surface area contributed by atoms with Gasteiger partial charge >= 0.3 is 0 Å². The molecule has 0 aromatic rings. The number of hydrogen-bond acceptors (Lipinski definition) is 3. The average Bonchev–Trinajstić information content (AvgIpc) is 2.48. The first-order valence-corrected chi connectivity index (χ1v) is 7.11. The van der Waals surface area contributed by atoms with E-state index in [1.54, 1.807) is 0 Å². The Kier molecular flexibility index (Phi) is 7.06. The van der Waals surface area contributed by atoms with Gasteiger partial charge in [-0.3, -0.25) is 0 Å². The first-order valence-electron chi connectivity index (χ1n) is 5.96. The van der Waals surface area contributed by atoms with Crippen LogP contribution in [0.3, 0.4) is 0 Å². The predicted octanol–water partition coefficient (Wildman–Crippen LogP) is 1.85. The van der Waals surface area contributed by atoms with Gasteiger partial charge in [0.05, 0.1) is 0 Å². The van der Waals surface area contributed by atoms with E-state index < -0.39 is 0 Å². The van der Waals surface area contributed by atoms with Crippen molar-refractivity contribution in [1.82, 2.24) is 10.2 Å². The summed E-state index contributed by atoms with van der Waals surface area (Å²) in [5.41, 5.74) is 0. The van der Waals surface area contributed by atoms with Gasteiger partial charge in [-0.1, -0.05) is 0 Å². The number of halogens is 1. The lowest BCUT2D eigenvalue weighted by Gasteiger charge is -2.29. The Morgan fingerprint density at radius 3 is 2.93 bits per heavy atom. The molecular formula is C11H23ClN2S. The van der Waals surface area contributed by atoms with Gasteiger partial charge in [0.15, 0.2) is 0 Å². The van der Waals surface area contributed by atoms with E-state index in [4.69, 9.17) is 0 Å². The first kappa shape index (κ1) is 13.6. The topological polar surface area (TPSA) is 15.3 Å². The van der Waals surface area contributed by atoms with Gasteiger partial charge in [0, 0.05) is 18.8 Å². The number of nitrogens with one attached hydrogen (secondary N) is 1. The predicted molar refractivity (Wildman–Crippen MR) is 71.2 cm³/mol. The van der Waals surface area contributed by atoms with E-state index in [0.717, 1.165) is 5.92 Å². The van der Waals surface area contributed by atoms with E-state index in [1.807, 2.05) is 0 Å².